The zero-order valence-electron chi connectivity index (χ0n) is 19.0. The van der Waals surface area contributed by atoms with Crippen LogP contribution in [0.4, 0.5) is 5.69 Å². The van der Waals surface area contributed by atoms with E-state index >= 15 is 0 Å². The van der Waals surface area contributed by atoms with Crippen LogP contribution >= 0.6 is 0 Å². The maximum absolute atomic E-state index is 13.2. The third kappa shape index (κ3) is 2.76. The summed E-state index contributed by atoms with van der Waals surface area (Å²) in [7, 11) is 1.47. The number of aryl methyl sites for hydroxylation is 1. The van der Waals surface area contributed by atoms with E-state index in [1.165, 1.54) is 19.2 Å². The van der Waals surface area contributed by atoms with Crippen LogP contribution in [0.3, 0.4) is 0 Å². The van der Waals surface area contributed by atoms with Gasteiger partial charge < -0.3 is 9.30 Å². The minimum absolute atomic E-state index is 0.0570. The summed E-state index contributed by atoms with van der Waals surface area (Å²) in [5, 5.41) is 16.6. The molecule has 0 spiro atoms. The highest BCUT2D eigenvalue weighted by Crippen LogP contribution is 2.65. The molecule has 2 bridgehead atoms. The number of non-ortho nitro benzene ring substituents is 1. The summed E-state index contributed by atoms with van der Waals surface area (Å²) in [6, 6.07) is 6.36. The summed E-state index contributed by atoms with van der Waals surface area (Å²) < 4.78 is 7.32. The van der Waals surface area contributed by atoms with Gasteiger partial charge >= 0.3 is 0 Å². The molecule has 34 heavy (non-hydrogen) atoms. The lowest BCUT2D eigenvalue weighted by Crippen LogP contribution is -2.40. The molecule has 9 heteroatoms. The van der Waals surface area contributed by atoms with Gasteiger partial charge in [-0.3, -0.25) is 19.7 Å². The van der Waals surface area contributed by atoms with Gasteiger partial charge in [-0.15, -0.1) is 0 Å². The molecule has 1 saturated heterocycles. The van der Waals surface area contributed by atoms with Gasteiger partial charge in [0.1, 0.15) is 5.75 Å². The largest absolute Gasteiger partial charge is 0.494 e. The van der Waals surface area contributed by atoms with Gasteiger partial charge in [0.25, 0.3) is 17.5 Å². The van der Waals surface area contributed by atoms with Crippen LogP contribution in [0.1, 0.15) is 23.4 Å². The minimum Gasteiger partial charge on any atom is -0.494 e. The molecule has 1 aromatic carbocycles. The van der Waals surface area contributed by atoms with E-state index in [1.54, 1.807) is 12.3 Å². The van der Waals surface area contributed by atoms with Crippen molar-refractivity contribution in [3.63, 3.8) is 0 Å². The lowest BCUT2D eigenvalue weighted by atomic mass is 9.63. The molecule has 2 saturated carbocycles. The van der Waals surface area contributed by atoms with Crippen LogP contribution in [0, 0.1) is 59.5 Å². The molecule has 2 heterocycles. The van der Waals surface area contributed by atoms with Crippen molar-refractivity contribution in [1.82, 2.24) is 9.58 Å². The van der Waals surface area contributed by atoms with E-state index in [1.807, 2.05) is 24.5 Å². The number of aromatic nitrogens is 1. The highest BCUT2D eigenvalue weighted by Gasteiger charge is 2.67. The molecule has 0 N–H and O–H groups in total. The number of hydrogen-bond donors (Lipinski definition) is 0. The lowest BCUT2D eigenvalue weighted by Gasteiger charge is -2.37. The molecule has 5 aliphatic rings. The van der Waals surface area contributed by atoms with Crippen molar-refractivity contribution in [2.45, 2.75) is 20.3 Å². The Kier molecular flexibility index (Phi) is 4.36. The summed E-state index contributed by atoms with van der Waals surface area (Å²) in [5.41, 5.74) is 3.02. The minimum atomic E-state index is -0.466. The average Bonchev–Trinajstić information content (AvgIpc) is 3.55. The third-order valence-corrected chi connectivity index (χ3v) is 8.04. The number of nitrogens with zero attached hydrogens (tertiary/aromatic N) is 4. The predicted molar refractivity (Wildman–Crippen MR) is 123 cm³/mol. The van der Waals surface area contributed by atoms with Crippen LogP contribution in [-0.4, -0.2) is 39.6 Å². The molecule has 4 aliphatic carbocycles. The smallest absolute Gasteiger partial charge is 0.273 e. The maximum atomic E-state index is 13.2. The molecular formula is C25H24N4O5. The number of rotatable bonds is 5. The van der Waals surface area contributed by atoms with E-state index < -0.39 is 4.92 Å². The van der Waals surface area contributed by atoms with Crippen LogP contribution in [-0.2, 0) is 9.59 Å². The van der Waals surface area contributed by atoms with Crippen molar-refractivity contribution in [1.29, 1.82) is 0 Å². The van der Waals surface area contributed by atoms with Gasteiger partial charge in [0.15, 0.2) is 0 Å². The highest BCUT2D eigenvalue weighted by molar-refractivity contribution is 6.06. The Morgan fingerprint density at radius 3 is 2.32 bits per heavy atom. The van der Waals surface area contributed by atoms with Crippen LogP contribution < -0.4 is 4.74 Å². The van der Waals surface area contributed by atoms with Crippen molar-refractivity contribution in [3.05, 3.63) is 63.5 Å². The Balaban J connectivity index is 1.31. The fourth-order valence-corrected chi connectivity index (χ4v) is 6.43. The number of hydrazone groups is 1. The molecule has 6 atom stereocenters. The van der Waals surface area contributed by atoms with Crippen LogP contribution in [0.5, 0.6) is 5.75 Å². The van der Waals surface area contributed by atoms with Crippen molar-refractivity contribution in [3.8, 4) is 11.4 Å². The Bertz CT molecular complexity index is 1290. The summed E-state index contributed by atoms with van der Waals surface area (Å²) in [6.45, 7) is 3.79. The Morgan fingerprint density at radius 1 is 1.09 bits per heavy atom. The molecule has 1 aliphatic heterocycles. The number of methoxy groups -OCH3 is 1. The van der Waals surface area contributed by atoms with E-state index in [4.69, 9.17) is 4.74 Å². The molecule has 1 aromatic heterocycles. The number of carbonyl (C=O) groups is 2. The molecule has 0 radical (unpaired) electrons. The summed E-state index contributed by atoms with van der Waals surface area (Å²) in [5.74, 6) is 0.853. The Hall–Kier alpha value is -3.75. The highest BCUT2D eigenvalue weighted by atomic mass is 16.6. The van der Waals surface area contributed by atoms with E-state index in [9.17, 15) is 19.7 Å². The van der Waals surface area contributed by atoms with Crippen LogP contribution in [0.15, 0.2) is 41.5 Å². The standard InChI is InChI=1S/C25H24N4O5/c1-12-8-14(13(2)27(12)20-7-4-15(29(32)33)9-21(20)34-3)11-26-28-24(30)22-16-5-6-17(19-10-18(16)19)23(22)25(28)31/h4-9,11,16-19,22-23H,10H2,1-3H3/b26-11-/t16-,17-,18-,19+,22-,23+/m0/s1. The van der Waals surface area contributed by atoms with Gasteiger partial charge in [-0.05, 0) is 56.1 Å². The number of imide groups is 1. The summed E-state index contributed by atoms with van der Waals surface area (Å²) in [6.07, 6.45) is 6.96. The first kappa shape index (κ1) is 20.8. The maximum Gasteiger partial charge on any atom is 0.273 e. The molecule has 2 amide bonds. The van der Waals surface area contributed by atoms with Crippen molar-refractivity contribution in [2.24, 2.45) is 40.6 Å². The second kappa shape index (κ2) is 7.12. The van der Waals surface area contributed by atoms with E-state index in [-0.39, 0.29) is 41.2 Å². The number of benzene rings is 1. The lowest BCUT2D eigenvalue weighted by molar-refractivity contribution is -0.384. The number of hydrogen-bond acceptors (Lipinski definition) is 6. The quantitative estimate of drug-likeness (QED) is 0.223. The molecule has 0 unspecified atom stereocenters. The van der Waals surface area contributed by atoms with Gasteiger partial charge in [-0.1, -0.05) is 12.2 Å². The number of amides is 2. The van der Waals surface area contributed by atoms with Gasteiger partial charge in [0, 0.05) is 23.0 Å². The average molecular weight is 460 g/mol. The zero-order valence-corrected chi connectivity index (χ0v) is 19.0. The molecule has 7 rings (SSSR count). The molecular weight excluding hydrogens is 436 g/mol. The fourth-order valence-electron chi connectivity index (χ4n) is 6.43. The Morgan fingerprint density at radius 2 is 1.74 bits per heavy atom. The van der Waals surface area contributed by atoms with Gasteiger partial charge in [0.05, 0.1) is 41.8 Å². The second-order valence-electron chi connectivity index (χ2n) is 9.66. The Labute approximate surface area is 195 Å². The molecule has 3 fully saturated rings. The number of allylic oxidation sites excluding steroid dienone is 2. The van der Waals surface area contributed by atoms with Crippen molar-refractivity contribution < 1.29 is 19.2 Å². The number of nitro groups is 1. The number of ether oxygens (including phenoxy) is 1. The first-order valence-corrected chi connectivity index (χ1v) is 11.4. The molecule has 9 nitrogen and oxygen atoms in total. The van der Waals surface area contributed by atoms with E-state index in [0.717, 1.165) is 28.4 Å². The summed E-state index contributed by atoms with van der Waals surface area (Å²) in [4.78, 5) is 37.0. The van der Waals surface area contributed by atoms with Crippen LogP contribution in [0.2, 0.25) is 0 Å². The van der Waals surface area contributed by atoms with E-state index in [2.05, 4.69) is 17.3 Å². The fraction of sp³-hybridized carbons (Fsp3) is 0.400. The first-order valence-electron chi connectivity index (χ1n) is 11.4. The third-order valence-electron chi connectivity index (χ3n) is 8.04. The van der Waals surface area contributed by atoms with Crippen molar-refractivity contribution >= 4 is 23.7 Å². The predicted octanol–water partition coefficient (Wildman–Crippen LogP) is 3.40. The first-order chi connectivity index (χ1) is 16.3. The van der Waals surface area contributed by atoms with E-state index in [0.29, 0.717) is 23.3 Å². The number of carbonyl (C=O) groups excluding carboxylic acids is 2. The molecule has 174 valence electrons. The number of nitro benzene ring substituents is 1. The molecule has 2 aromatic rings. The normalized spacial score (nSPS) is 30.7. The van der Waals surface area contributed by atoms with Crippen LogP contribution in [0.25, 0.3) is 5.69 Å². The SMILES string of the molecule is COc1cc([N+](=O)[O-])ccc1-n1c(C)cc(/C=N\N2C(=O)[C@@H]3[C@H]4C=C[C@@H]([C@@H]5C[C@H]45)[C@@H]3C2=O)c1C. The zero-order chi connectivity index (χ0) is 23.9. The van der Waals surface area contributed by atoms with Crippen molar-refractivity contribution in [2.75, 3.05) is 7.11 Å². The van der Waals surface area contributed by atoms with Gasteiger partial charge in [-0.25, -0.2) is 0 Å². The summed E-state index contributed by atoms with van der Waals surface area (Å²) >= 11 is 0. The van der Waals surface area contributed by atoms with Gasteiger partial charge in [0.2, 0.25) is 0 Å². The second-order valence-corrected chi connectivity index (χ2v) is 9.66. The monoisotopic (exact) mass is 460 g/mol. The van der Waals surface area contributed by atoms with Gasteiger partial charge in [-0.2, -0.15) is 10.1 Å². The topological polar surface area (TPSA) is 107 Å².